The summed E-state index contributed by atoms with van der Waals surface area (Å²) in [4.78, 5) is 5.46. The van der Waals surface area contributed by atoms with Crippen LogP contribution in [0.3, 0.4) is 0 Å². The molecule has 0 radical (unpaired) electrons. The summed E-state index contributed by atoms with van der Waals surface area (Å²) in [6, 6.07) is 0.827. The topological polar surface area (TPSA) is 18.5 Å². The van der Waals surface area contributed by atoms with Crippen LogP contribution < -0.4 is 5.32 Å². The summed E-state index contributed by atoms with van der Waals surface area (Å²) in [7, 11) is 0. The summed E-state index contributed by atoms with van der Waals surface area (Å²) >= 11 is 0. The van der Waals surface area contributed by atoms with Gasteiger partial charge in [-0.1, -0.05) is 13.8 Å². The Morgan fingerprint density at radius 1 is 1.00 bits per heavy atom. The van der Waals surface area contributed by atoms with E-state index in [2.05, 4.69) is 29.0 Å². The van der Waals surface area contributed by atoms with Crippen LogP contribution in [0.1, 0.15) is 46.0 Å². The minimum Gasteiger partial charge on any atom is -0.315 e. The van der Waals surface area contributed by atoms with Gasteiger partial charge in [0.25, 0.3) is 0 Å². The summed E-state index contributed by atoms with van der Waals surface area (Å²) < 4.78 is 0. The molecule has 1 aliphatic carbocycles. The summed E-state index contributed by atoms with van der Waals surface area (Å²) in [5.41, 5.74) is 0.616. The molecule has 3 rings (SSSR count). The van der Waals surface area contributed by atoms with Crippen molar-refractivity contribution in [2.75, 3.05) is 45.8 Å². The Balaban J connectivity index is 1.38. The Kier molecular flexibility index (Phi) is 4.68. The molecule has 0 aromatic carbocycles. The molecule has 1 N–H and O–H groups in total. The van der Waals surface area contributed by atoms with Gasteiger partial charge in [0.15, 0.2) is 0 Å². The Labute approximate surface area is 125 Å². The van der Waals surface area contributed by atoms with Crippen molar-refractivity contribution in [3.63, 3.8) is 0 Å². The third-order valence-electron chi connectivity index (χ3n) is 5.93. The lowest BCUT2D eigenvalue weighted by Crippen LogP contribution is -2.51. The van der Waals surface area contributed by atoms with Crippen LogP contribution in [0.15, 0.2) is 0 Å². The van der Waals surface area contributed by atoms with E-state index in [-0.39, 0.29) is 0 Å². The van der Waals surface area contributed by atoms with Crippen LogP contribution >= 0.6 is 0 Å². The monoisotopic (exact) mass is 279 g/mol. The molecule has 1 saturated carbocycles. The molecule has 3 aliphatic rings. The molecule has 2 saturated heterocycles. The molecule has 116 valence electrons. The largest absolute Gasteiger partial charge is 0.315 e. The SMILES string of the molecule is CC1(C)CCC(CN2CCN(C3CCNC3)CC2)CC1. The third-order valence-corrected chi connectivity index (χ3v) is 5.93. The molecular weight excluding hydrogens is 246 g/mol. The number of piperazine rings is 1. The van der Waals surface area contributed by atoms with Gasteiger partial charge in [-0.2, -0.15) is 0 Å². The van der Waals surface area contributed by atoms with E-state index in [1.165, 1.54) is 77.9 Å². The Hall–Kier alpha value is -0.120. The molecule has 1 atom stereocenters. The van der Waals surface area contributed by atoms with Crippen molar-refractivity contribution in [3.05, 3.63) is 0 Å². The molecule has 0 spiro atoms. The van der Waals surface area contributed by atoms with Crippen molar-refractivity contribution in [2.45, 2.75) is 52.0 Å². The van der Waals surface area contributed by atoms with Gasteiger partial charge < -0.3 is 10.2 Å². The second-order valence-electron chi connectivity index (χ2n) is 8.09. The number of hydrogen-bond donors (Lipinski definition) is 1. The lowest BCUT2D eigenvalue weighted by molar-refractivity contribution is 0.0765. The minimum atomic E-state index is 0.616. The zero-order chi connectivity index (χ0) is 14.0. The Bertz CT molecular complexity index is 291. The van der Waals surface area contributed by atoms with E-state index < -0.39 is 0 Å². The molecule has 0 amide bonds. The Morgan fingerprint density at radius 3 is 2.30 bits per heavy atom. The van der Waals surface area contributed by atoms with E-state index in [4.69, 9.17) is 0 Å². The van der Waals surface area contributed by atoms with Gasteiger partial charge in [0, 0.05) is 45.3 Å². The van der Waals surface area contributed by atoms with E-state index in [1.807, 2.05) is 0 Å². The van der Waals surface area contributed by atoms with Gasteiger partial charge in [0.05, 0.1) is 0 Å². The summed E-state index contributed by atoms with van der Waals surface area (Å²) in [5.74, 6) is 0.975. The molecule has 3 nitrogen and oxygen atoms in total. The van der Waals surface area contributed by atoms with Crippen molar-refractivity contribution in [1.82, 2.24) is 15.1 Å². The van der Waals surface area contributed by atoms with Crippen molar-refractivity contribution < 1.29 is 0 Å². The standard InChI is InChI=1S/C17H33N3/c1-17(2)6-3-15(4-7-17)14-19-9-11-20(12-10-19)16-5-8-18-13-16/h15-16,18H,3-14H2,1-2H3. The Morgan fingerprint density at radius 2 is 1.70 bits per heavy atom. The average molecular weight is 279 g/mol. The molecule has 3 fully saturated rings. The first kappa shape index (κ1) is 14.8. The van der Waals surface area contributed by atoms with E-state index in [0.29, 0.717) is 5.41 Å². The van der Waals surface area contributed by atoms with Crippen molar-refractivity contribution in [2.24, 2.45) is 11.3 Å². The number of nitrogens with zero attached hydrogens (tertiary/aromatic N) is 2. The zero-order valence-corrected chi connectivity index (χ0v) is 13.5. The van der Waals surface area contributed by atoms with Gasteiger partial charge in [-0.15, -0.1) is 0 Å². The molecular formula is C17H33N3. The fourth-order valence-electron chi connectivity index (χ4n) is 4.27. The van der Waals surface area contributed by atoms with Crippen LogP contribution in [0.5, 0.6) is 0 Å². The van der Waals surface area contributed by atoms with Crippen LogP contribution in [-0.2, 0) is 0 Å². The van der Waals surface area contributed by atoms with Crippen LogP contribution in [0.4, 0.5) is 0 Å². The third kappa shape index (κ3) is 3.75. The molecule has 0 aromatic heterocycles. The highest BCUT2D eigenvalue weighted by atomic mass is 15.3. The predicted molar refractivity (Wildman–Crippen MR) is 85.0 cm³/mol. The lowest BCUT2D eigenvalue weighted by Gasteiger charge is -2.41. The quantitative estimate of drug-likeness (QED) is 0.854. The number of hydrogen-bond acceptors (Lipinski definition) is 3. The van der Waals surface area contributed by atoms with E-state index >= 15 is 0 Å². The first-order valence-corrected chi connectivity index (χ1v) is 8.79. The van der Waals surface area contributed by atoms with Crippen molar-refractivity contribution in [1.29, 1.82) is 0 Å². The van der Waals surface area contributed by atoms with Gasteiger partial charge in [-0.25, -0.2) is 0 Å². The summed E-state index contributed by atoms with van der Waals surface area (Å²) in [6.45, 7) is 13.9. The fraction of sp³-hybridized carbons (Fsp3) is 1.00. The average Bonchev–Trinajstić information content (AvgIpc) is 2.96. The molecule has 1 unspecified atom stereocenters. The maximum absolute atomic E-state index is 3.50. The van der Waals surface area contributed by atoms with E-state index in [9.17, 15) is 0 Å². The molecule has 2 aliphatic heterocycles. The normalized spacial score (nSPS) is 33.6. The van der Waals surface area contributed by atoms with E-state index in [0.717, 1.165) is 12.0 Å². The second-order valence-corrected chi connectivity index (χ2v) is 8.09. The van der Waals surface area contributed by atoms with Gasteiger partial charge in [-0.3, -0.25) is 4.90 Å². The first-order chi connectivity index (χ1) is 9.62. The van der Waals surface area contributed by atoms with Crippen LogP contribution in [-0.4, -0.2) is 61.7 Å². The van der Waals surface area contributed by atoms with Crippen molar-refractivity contribution in [3.8, 4) is 0 Å². The zero-order valence-electron chi connectivity index (χ0n) is 13.5. The summed E-state index contributed by atoms with van der Waals surface area (Å²) in [6.07, 6.45) is 7.15. The molecule has 20 heavy (non-hydrogen) atoms. The van der Waals surface area contributed by atoms with Crippen LogP contribution in [0.2, 0.25) is 0 Å². The van der Waals surface area contributed by atoms with Gasteiger partial charge >= 0.3 is 0 Å². The first-order valence-electron chi connectivity index (χ1n) is 8.79. The van der Waals surface area contributed by atoms with Gasteiger partial charge in [0.1, 0.15) is 0 Å². The number of nitrogens with one attached hydrogen (secondary N) is 1. The maximum atomic E-state index is 3.50. The molecule has 2 heterocycles. The second kappa shape index (κ2) is 6.33. The smallest absolute Gasteiger partial charge is 0.0233 e. The van der Waals surface area contributed by atoms with Crippen LogP contribution in [0, 0.1) is 11.3 Å². The fourth-order valence-corrected chi connectivity index (χ4v) is 4.27. The van der Waals surface area contributed by atoms with Crippen LogP contribution in [0.25, 0.3) is 0 Å². The van der Waals surface area contributed by atoms with Gasteiger partial charge in [-0.05, 0) is 50.0 Å². The molecule has 0 bridgehead atoms. The lowest BCUT2D eigenvalue weighted by atomic mass is 9.73. The molecule has 3 heteroatoms. The summed E-state index contributed by atoms with van der Waals surface area (Å²) in [5, 5.41) is 3.50. The predicted octanol–water partition coefficient (Wildman–Crippen LogP) is 2.18. The maximum Gasteiger partial charge on any atom is 0.0233 e. The van der Waals surface area contributed by atoms with Crippen molar-refractivity contribution >= 4 is 0 Å². The number of rotatable bonds is 3. The van der Waals surface area contributed by atoms with Gasteiger partial charge in [0.2, 0.25) is 0 Å². The highest BCUT2D eigenvalue weighted by molar-refractivity contribution is 4.86. The highest BCUT2D eigenvalue weighted by Gasteiger charge is 2.30. The minimum absolute atomic E-state index is 0.616. The highest BCUT2D eigenvalue weighted by Crippen LogP contribution is 2.38. The molecule has 0 aromatic rings. The van der Waals surface area contributed by atoms with E-state index in [1.54, 1.807) is 0 Å².